The molecule has 1 amide bonds. The number of nitrogens with one attached hydrogen (secondary N) is 1. The summed E-state index contributed by atoms with van der Waals surface area (Å²) in [4.78, 5) is 23.4. The van der Waals surface area contributed by atoms with Gasteiger partial charge in [-0.25, -0.2) is 0 Å². The van der Waals surface area contributed by atoms with Gasteiger partial charge in [-0.05, 0) is 31.9 Å². The van der Waals surface area contributed by atoms with Crippen LogP contribution in [0.2, 0.25) is 0 Å². The average molecular weight is 217 g/mol. The molecule has 3 nitrogen and oxygen atoms in total. The molecular formula is C13H15NO2. The van der Waals surface area contributed by atoms with Gasteiger partial charge in [0.15, 0.2) is 5.78 Å². The summed E-state index contributed by atoms with van der Waals surface area (Å²) in [6.07, 6.45) is 1.95. The monoisotopic (exact) mass is 217 g/mol. The van der Waals surface area contributed by atoms with Crippen molar-refractivity contribution in [3.63, 3.8) is 0 Å². The van der Waals surface area contributed by atoms with Crippen molar-refractivity contribution in [1.82, 2.24) is 5.32 Å². The summed E-state index contributed by atoms with van der Waals surface area (Å²) < 4.78 is 0. The molecule has 0 aliphatic heterocycles. The molecule has 1 atom stereocenters. The molecule has 0 heterocycles. The van der Waals surface area contributed by atoms with Gasteiger partial charge in [-0.2, -0.15) is 0 Å². The second kappa shape index (κ2) is 4.47. The molecule has 2 rings (SSSR count). The lowest BCUT2D eigenvalue weighted by Gasteiger charge is -2.12. The fourth-order valence-corrected chi connectivity index (χ4v) is 1.66. The molecule has 0 radical (unpaired) electrons. The Morgan fingerprint density at radius 3 is 2.44 bits per heavy atom. The van der Waals surface area contributed by atoms with Crippen molar-refractivity contribution in [3.8, 4) is 0 Å². The number of hydrogen-bond acceptors (Lipinski definition) is 2. The van der Waals surface area contributed by atoms with E-state index >= 15 is 0 Å². The fourth-order valence-electron chi connectivity index (χ4n) is 1.66. The SMILES string of the molecule is CC(NC(=O)c1ccccc1)C(=O)C1CC1. The Balaban J connectivity index is 1.94. The molecule has 0 bridgehead atoms. The van der Waals surface area contributed by atoms with Crippen LogP contribution in [0.3, 0.4) is 0 Å². The minimum Gasteiger partial charge on any atom is -0.343 e. The summed E-state index contributed by atoms with van der Waals surface area (Å²) in [7, 11) is 0. The quantitative estimate of drug-likeness (QED) is 0.835. The van der Waals surface area contributed by atoms with Gasteiger partial charge in [0.1, 0.15) is 0 Å². The molecule has 1 aliphatic carbocycles. The normalized spacial score (nSPS) is 16.6. The largest absolute Gasteiger partial charge is 0.343 e. The van der Waals surface area contributed by atoms with Crippen molar-refractivity contribution >= 4 is 11.7 Å². The van der Waals surface area contributed by atoms with Crippen LogP contribution in [0.1, 0.15) is 30.1 Å². The van der Waals surface area contributed by atoms with Gasteiger partial charge in [0.2, 0.25) is 0 Å². The molecule has 0 aromatic heterocycles. The third-order valence-electron chi connectivity index (χ3n) is 2.79. The predicted molar refractivity (Wildman–Crippen MR) is 61.1 cm³/mol. The van der Waals surface area contributed by atoms with E-state index in [2.05, 4.69) is 5.32 Å². The van der Waals surface area contributed by atoms with E-state index in [0.717, 1.165) is 12.8 Å². The Morgan fingerprint density at radius 1 is 1.25 bits per heavy atom. The van der Waals surface area contributed by atoms with E-state index in [4.69, 9.17) is 0 Å². The van der Waals surface area contributed by atoms with Gasteiger partial charge in [0.05, 0.1) is 6.04 Å². The van der Waals surface area contributed by atoms with Crippen molar-refractivity contribution in [2.24, 2.45) is 5.92 Å². The Bertz CT molecular complexity index is 396. The number of amides is 1. The van der Waals surface area contributed by atoms with Gasteiger partial charge < -0.3 is 5.32 Å². The van der Waals surface area contributed by atoms with Crippen molar-refractivity contribution in [1.29, 1.82) is 0 Å². The van der Waals surface area contributed by atoms with Crippen LogP contribution in [0.25, 0.3) is 0 Å². The van der Waals surface area contributed by atoms with Crippen LogP contribution >= 0.6 is 0 Å². The molecule has 1 unspecified atom stereocenters. The van der Waals surface area contributed by atoms with Crippen LogP contribution < -0.4 is 5.32 Å². The highest BCUT2D eigenvalue weighted by molar-refractivity contribution is 5.98. The lowest BCUT2D eigenvalue weighted by Crippen LogP contribution is -2.39. The molecule has 0 saturated heterocycles. The second-order valence-electron chi connectivity index (χ2n) is 4.24. The molecule has 1 saturated carbocycles. The summed E-state index contributed by atoms with van der Waals surface area (Å²) in [6.45, 7) is 1.75. The first-order valence-electron chi connectivity index (χ1n) is 5.58. The maximum absolute atomic E-state index is 11.7. The zero-order valence-corrected chi connectivity index (χ0v) is 9.27. The standard InChI is InChI=1S/C13H15NO2/c1-9(12(15)10-7-8-10)14-13(16)11-5-3-2-4-6-11/h2-6,9-10H,7-8H2,1H3,(H,14,16). The van der Waals surface area contributed by atoms with Gasteiger partial charge >= 0.3 is 0 Å². The molecule has 1 aromatic rings. The molecule has 1 fully saturated rings. The Labute approximate surface area is 94.9 Å². The van der Waals surface area contributed by atoms with Gasteiger partial charge in [-0.3, -0.25) is 9.59 Å². The Morgan fingerprint density at radius 2 is 1.88 bits per heavy atom. The van der Waals surface area contributed by atoms with E-state index in [1.807, 2.05) is 18.2 Å². The number of hydrogen-bond donors (Lipinski definition) is 1. The predicted octanol–water partition coefficient (Wildman–Crippen LogP) is 1.78. The van der Waals surface area contributed by atoms with Crippen LogP contribution in [0, 0.1) is 5.92 Å². The summed E-state index contributed by atoms with van der Waals surface area (Å²) in [5, 5.41) is 2.73. The van der Waals surface area contributed by atoms with Gasteiger partial charge in [0.25, 0.3) is 5.91 Å². The summed E-state index contributed by atoms with van der Waals surface area (Å²) in [5.41, 5.74) is 0.595. The number of carbonyl (C=O) groups is 2. The molecule has 1 aromatic carbocycles. The zero-order valence-electron chi connectivity index (χ0n) is 9.27. The Hall–Kier alpha value is -1.64. The van der Waals surface area contributed by atoms with Gasteiger partial charge in [-0.15, -0.1) is 0 Å². The van der Waals surface area contributed by atoms with Gasteiger partial charge in [-0.1, -0.05) is 18.2 Å². The van der Waals surface area contributed by atoms with Crippen LogP contribution in [0.4, 0.5) is 0 Å². The second-order valence-corrected chi connectivity index (χ2v) is 4.24. The lowest BCUT2D eigenvalue weighted by atomic mass is 10.1. The molecule has 0 spiro atoms. The third kappa shape index (κ3) is 2.48. The molecule has 3 heteroatoms. The first kappa shape index (κ1) is 10.9. The zero-order chi connectivity index (χ0) is 11.5. The highest BCUT2D eigenvalue weighted by Crippen LogP contribution is 2.30. The number of carbonyl (C=O) groups excluding carboxylic acids is 2. The maximum Gasteiger partial charge on any atom is 0.251 e. The number of Topliss-reactive ketones (excluding diaryl/α,β-unsaturated/α-hetero) is 1. The summed E-state index contributed by atoms with van der Waals surface area (Å²) in [6, 6.07) is 8.58. The average Bonchev–Trinajstić information content (AvgIpc) is 3.13. The van der Waals surface area contributed by atoms with E-state index in [0.29, 0.717) is 5.56 Å². The molecule has 1 N–H and O–H groups in total. The summed E-state index contributed by atoms with van der Waals surface area (Å²) in [5.74, 6) is 0.164. The number of ketones is 1. The number of benzene rings is 1. The molecule has 84 valence electrons. The number of rotatable bonds is 4. The van der Waals surface area contributed by atoms with Crippen molar-refractivity contribution in [2.75, 3.05) is 0 Å². The third-order valence-corrected chi connectivity index (χ3v) is 2.79. The van der Waals surface area contributed by atoms with Crippen molar-refractivity contribution < 1.29 is 9.59 Å². The first-order chi connectivity index (χ1) is 7.68. The maximum atomic E-state index is 11.7. The van der Waals surface area contributed by atoms with E-state index in [1.165, 1.54) is 0 Å². The van der Waals surface area contributed by atoms with E-state index in [9.17, 15) is 9.59 Å². The fraction of sp³-hybridized carbons (Fsp3) is 0.385. The molecule has 1 aliphatic rings. The summed E-state index contributed by atoms with van der Waals surface area (Å²) >= 11 is 0. The van der Waals surface area contributed by atoms with Crippen LogP contribution in [0.15, 0.2) is 30.3 Å². The van der Waals surface area contributed by atoms with E-state index < -0.39 is 0 Å². The van der Waals surface area contributed by atoms with Crippen molar-refractivity contribution in [3.05, 3.63) is 35.9 Å². The topological polar surface area (TPSA) is 46.2 Å². The van der Waals surface area contributed by atoms with Crippen LogP contribution in [0.5, 0.6) is 0 Å². The van der Waals surface area contributed by atoms with Crippen LogP contribution in [-0.4, -0.2) is 17.7 Å². The Kier molecular flexibility index (Phi) is 3.04. The first-order valence-corrected chi connectivity index (χ1v) is 5.58. The van der Waals surface area contributed by atoms with Gasteiger partial charge in [0, 0.05) is 11.5 Å². The minimum absolute atomic E-state index is 0.157. The van der Waals surface area contributed by atoms with Crippen LogP contribution in [-0.2, 0) is 4.79 Å². The molecular weight excluding hydrogens is 202 g/mol. The minimum atomic E-state index is -0.375. The smallest absolute Gasteiger partial charge is 0.251 e. The lowest BCUT2D eigenvalue weighted by molar-refractivity contribution is -0.121. The van der Waals surface area contributed by atoms with E-state index in [1.54, 1.807) is 19.1 Å². The van der Waals surface area contributed by atoms with Crippen molar-refractivity contribution in [2.45, 2.75) is 25.8 Å². The highest BCUT2D eigenvalue weighted by Gasteiger charge is 2.33. The highest BCUT2D eigenvalue weighted by atomic mass is 16.2. The van der Waals surface area contributed by atoms with E-state index in [-0.39, 0.29) is 23.7 Å². The molecule has 16 heavy (non-hydrogen) atoms.